The average molecular weight is 471 g/mol. The van der Waals surface area contributed by atoms with Crippen molar-refractivity contribution in [3.05, 3.63) is 51.1 Å². The molecule has 0 bridgehead atoms. The SMILES string of the molecule is O=C(Cc1[nH]c(=S)n2c1CC(c1c(F)c(F)cc(F)c1F)C2)N1CCC2(CC1)OCCO2. The molecule has 32 heavy (non-hydrogen) atoms. The summed E-state index contributed by atoms with van der Waals surface area (Å²) in [4.78, 5) is 17.6. The number of carbonyl (C=O) groups is 1. The molecule has 1 amide bonds. The van der Waals surface area contributed by atoms with Gasteiger partial charge in [-0.1, -0.05) is 0 Å². The zero-order chi connectivity index (χ0) is 22.6. The number of likely N-dealkylation sites (tertiary alicyclic amines) is 1. The average Bonchev–Trinajstić information content (AvgIpc) is 3.46. The first-order valence-electron chi connectivity index (χ1n) is 10.5. The summed E-state index contributed by atoms with van der Waals surface area (Å²) in [7, 11) is 0. The van der Waals surface area contributed by atoms with Gasteiger partial charge in [-0.3, -0.25) is 4.79 Å². The van der Waals surface area contributed by atoms with E-state index in [4.69, 9.17) is 21.7 Å². The molecule has 1 atom stereocenters. The molecule has 3 aliphatic rings. The Kier molecular flexibility index (Phi) is 5.37. The molecule has 0 aliphatic carbocycles. The van der Waals surface area contributed by atoms with E-state index in [1.165, 1.54) is 0 Å². The molecule has 1 aromatic carbocycles. The number of piperidine rings is 1. The Balaban J connectivity index is 1.32. The van der Waals surface area contributed by atoms with Gasteiger partial charge in [-0.2, -0.15) is 0 Å². The Hall–Kier alpha value is -2.24. The number of benzene rings is 1. The molecular formula is C21H21F4N3O3S. The molecule has 4 heterocycles. The lowest BCUT2D eigenvalue weighted by Gasteiger charge is -2.37. The maximum atomic E-state index is 14.3. The Labute approximate surface area is 186 Å². The van der Waals surface area contributed by atoms with E-state index in [-0.39, 0.29) is 31.4 Å². The van der Waals surface area contributed by atoms with Crippen LogP contribution in [-0.2, 0) is 33.7 Å². The molecule has 172 valence electrons. The normalized spacial score (nSPS) is 22.0. The fourth-order valence-electron chi connectivity index (χ4n) is 4.93. The number of aromatic amines is 1. The zero-order valence-corrected chi connectivity index (χ0v) is 17.9. The number of rotatable bonds is 3. The second-order valence-electron chi connectivity index (χ2n) is 8.41. The number of carbonyl (C=O) groups excluding carboxylic acids is 1. The van der Waals surface area contributed by atoms with Gasteiger partial charge in [0.15, 0.2) is 33.8 Å². The van der Waals surface area contributed by atoms with Gasteiger partial charge in [-0.25, -0.2) is 17.6 Å². The largest absolute Gasteiger partial charge is 0.347 e. The van der Waals surface area contributed by atoms with Crippen molar-refractivity contribution >= 4 is 18.1 Å². The van der Waals surface area contributed by atoms with E-state index in [9.17, 15) is 22.4 Å². The van der Waals surface area contributed by atoms with Gasteiger partial charge in [0.2, 0.25) is 5.91 Å². The quantitative estimate of drug-likeness (QED) is 0.424. The molecule has 2 aromatic rings. The van der Waals surface area contributed by atoms with Gasteiger partial charge >= 0.3 is 0 Å². The summed E-state index contributed by atoms with van der Waals surface area (Å²) in [5.74, 6) is -7.20. The van der Waals surface area contributed by atoms with Crippen LogP contribution in [0.1, 0.15) is 35.7 Å². The second kappa shape index (κ2) is 7.96. The predicted molar refractivity (Wildman–Crippen MR) is 106 cm³/mol. The van der Waals surface area contributed by atoms with Crippen LogP contribution in [-0.4, -0.2) is 52.4 Å². The molecule has 11 heteroatoms. The lowest BCUT2D eigenvalue weighted by atomic mass is 9.94. The Morgan fingerprint density at radius 3 is 2.38 bits per heavy atom. The van der Waals surface area contributed by atoms with Crippen molar-refractivity contribution in [1.82, 2.24) is 14.5 Å². The molecule has 1 spiro atoms. The van der Waals surface area contributed by atoms with E-state index in [1.54, 1.807) is 9.47 Å². The smallest absolute Gasteiger partial charge is 0.228 e. The highest BCUT2D eigenvalue weighted by Gasteiger charge is 2.41. The van der Waals surface area contributed by atoms with Gasteiger partial charge in [0.05, 0.1) is 19.6 Å². The lowest BCUT2D eigenvalue weighted by Crippen LogP contribution is -2.47. The third-order valence-corrected chi connectivity index (χ3v) is 6.92. The minimum Gasteiger partial charge on any atom is -0.347 e. The third kappa shape index (κ3) is 3.56. The molecule has 1 N–H and O–H groups in total. The van der Waals surface area contributed by atoms with E-state index in [1.807, 2.05) is 0 Å². The number of fused-ring (bicyclic) bond motifs is 1. The van der Waals surface area contributed by atoms with Gasteiger partial charge in [-0.15, -0.1) is 0 Å². The van der Waals surface area contributed by atoms with Crippen LogP contribution in [0.25, 0.3) is 0 Å². The van der Waals surface area contributed by atoms with Crippen molar-refractivity contribution < 1.29 is 31.8 Å². The van der Waals surface area contributed by atoms with Crippen LogP contribution >= 0.6 is 12.2 Å². The molecular weight excluding hydrogens is 450 g/mol. The van der Waals surface area contributed by atoms with Crippen LogP contribution < -0.4 is 0 Å². The summed E-state index contributed by atoms with van der Waals surface area (Å²) in [6.07, 6.45) is 1.33. The maximum Gasteiger partial charge on any atom is 0.228 e. The van der Waals surface area contributed by atoms with Crippen LogP contribution in [0.3, 0.4) is 0 Å². The Bertz CT molecular complexity index is 1110. The number of imidazole rings is 1. The van der Waals surface area contributed by atoms with Gasteiger partial charge in [0.1, 0.15) is 0 Å². The maximum absolute atomic E-state index is 14.3. The van der Waals surface area contributed by atoms with Crippen molar-refractivity contribution in [2.24, 2.45) is 0 Å². The monoisotopic (exact) mass is 471 g/mol. The van der Waals surface area contributed by atoms with Crippen molar-refractivity contribution in [2.45, 2.75) is 43.9 Å². The van der Waals surface area contributed by atoms with Crippen LogP contribution in [0, 0.1) is 28.0 Å². The number of amides is 1. The number of nitrogens with one attached hydrogen (secondary N) is 1. The van der Waals surface area contributed by atoms with Gasteiger partial charge in [0, 0.05) is 61.4 Å². The number of hydrogen-bond acceptors (Lipinski definition) is 4. The minimum absolute atomic E-state index is 0.0376. The highest BCUT2D eigenvalue weighted by atomic mass is 32.1. The van der Waals surface area contributed by atoms with Crippen LogP contribution in [0.2, 0.25) is 0 Å². The minimum atomic E-state index is -1.44. The van der Waals surface area contributed by atoms with E-state index in [2.05, 4.69) is 4.98 Å². The van der Waals surface area contributed by atoms with E-state index in [0.717, 1.165) is 0 Å². The number of halogens is 4. The first kappa shape index (κ1) is 21.6. The van der Waals surface area contributed by atoms with Crippen molar-refractivity contribution in [2.75, 3.05) is 26.3 Å². The molecule has 2 saturated heterocycles. The topological polar surface area (TPSA) is 59.5 Å². The first-order valence-corrected chi connectivity index (χ1v) is 10.9. The molecule has 2 fully saturated rings. The van der Waals surface area contributed by atoms with E-state index < -0.39 is 40.5 Å². The summed E-state index contributed by atoms with van der Waals surface area (Å²) in [5, 5.41) is 0. The first-order chi connectivity index (χ1) is 15.3. The summed E-state index contributed by atoms with van der Waals surface area (Å²) >= 11 is 5.31. The summed E-state index contributed by atoms with van der Waals surface area (Å²) in [6, 6.07) is 0.199. The van der Waals surface area contributed by atoms with E-state index in [0.29, 0.717) is 55.3 Å². The molecule has 0 radical (unpaired) electrons. The molecule has 6 nitrogen and oxygen atoms in total. The molecule has 5 rings (SSSR count). The predicted octanol–water partition coefficient (Wildman–Crippen LogP) is 3.35. The van der Waals surface area contributed by atoms with Crippen molar-refractivity contribution in [3.63, 3.8) is 0 Å². The molecule has 1 aromatic heterocycles. The van der Waals surface area contributed by atoms with Crippen molar-refractivity contribution in [3.8, 4) is 0 Å². The number of aromatic nitrogens is 2. The number of ether oxygens (including phenoxy) is 2. The highest BCUT2D eigenvalue weighted by molar-refractivity contribution is 7.71. The number of H-pyrrole nitrogens is 1. The zero-order valence-electron chi connectivity index (χ0n) is 17.1. The van der Waals surface area contributed by atoms with Crippen LogP contribution in [0.15, 0.2) is 6.07 Å². The lowest BCUT2D eigenvalue weighted by molar-refractivity contribution is -0.187. The second-order valence-corrected chi connectivity index (χ2v) is 8.80. The fraction of sp³-hybridized carbons (Fsp3) is 0.524. The fourth-order valence-corrected chi connectivity index (χ4v) is 5.24. The molecule has 0 saturated carbocycles. The Morgan fingerprint density at radius 2 is 1.75 bits per heavy atom. The summed E-state index contributed by atoms with van der Waals surface area (Å²) in [6.45, 7) is 2.17. The van der Waals surface area contributed by atoms with Crippen molar-refractivity contribution in [1.29, 1.82) is 0 Å². The van der Waals surface area contributed by atoms with Gasteiger partial charge in [-0.05, 0) is 18.6 Å². The molecule has 1 unspecified atom stereocenters. The van der Waals surface area contributed by atoms with Gasteiger partial charge in [0.25, 0.3) is 0 Å². The summed E-state index contributed by atoms with van der Waals surface area (Å²) < 4.78 is 69.3. The van der Waals surface area contributed by atoms with Crippen LogP contribution in [0.4, 0.5) is 17.6 Å². The Morgan fingerprint density at radius 1 is 1.12 bits per heavy atom. The van der Waals surface area contributed by atoms with Crippen LogP contribution in [0.5, 0.6) is 0 Å². The van der Waals surface area contributed by atoms with E-state index >= 15 is 0 Å². The van der Waals surface area contributed by atoms with Gasteiger partial charge < -0.3 is 23.9 Å². The number of nitrogens with zero attached hydrogens (tertiary/aromatic N) is 2. The standard InChI is InChI=1S/C21H21F4N3O3S/c22-12-8-13(23)19(25)17(18(12)24)11-7-15-14(26-20(32)28(15)10-11)9-16(29)27-3-1-21(2-4-27)30-5-6-31-21/h8,11H,1-7,9-10H2,(H,26,32). The highest BCUT2D eigenvalue weighted by Crippen LogP contribution is 2.36. The number of hydrogen-bond donors (Lipinski definition) is 1. The summed E-state index contributed by atoms with van der Waals surface area (Å²) in [5.41, 5.74) is 0.539. The third-order valence-electron chi connectivity index (χ3n) is 6.59. The molecule has 3 aliphatic heterocycles.